The SMILES string of the molecule is COCCCN1C(=O)NC(c2ccc(Cl)cc2)C(c2nc(-c3ccc(OC)c(OC)c3)no2)=C1C. The highest BCUT2D eigenvalue weighted by molar-refractivity contribution is 6.30. The van der Waals surface area contributed by atoms with Gasteiger partial charge in [-0.05, 0) is 49.2 Å². The predicted molar refractivity (Wildman–Crippen MR) is 131 cm³/mol. The van der Waals surface area contributed by atoms with Crippen LogP contribution in [0, 0.1) is 0 Å². The molecule has 0 aliphatic carbocycles. The first-order chi connectivity index (χ1) is 17.0. The normalized spacial score (nSPS) is 15.9. The van der Waals surface area contributed by atoms with E-state index >= 15 is 0 Å². The molecule has 0 bridgehead atoms. The Hall–Kier alpha value is -3.56. The number of methoxy groups -OCH3 is 3. The van der Waals surface area contributed by atoms with Crippen LogP contribution in [0.25, 0.3) is 17.0 Å². The molecular weight excluding hydrogens is 472 g/mol. The van der Waals surface area contributed by atoms with Crippen LogP contribution in [0.1, 0.15) is 30.8 Å². The minimum absolute atomic E-state index is 0.207. The standard InChI is InChI=1S/C25H27ClN4O5/c1-15-21(24-28-23(29-35-24)17-8-11-19(33-3)20(14-17)34-4)22(16-6-9-18(26)10-7-16)27-25(31)30(15)12-5-13-32-2/h6-11,14,22H,5,12-13H2,1-4H3,(H,27,31). The Morgan fingerprint density at radius 1 is 1.09 bits per heavy atom. The summed E-state index contributed by atoms with van der Waals surface area (Å²) in [4.78, 5) is 19.3. The van der Waals surface area contributed by atoms with E-state index < -0.39 is 6.04 Å². The van der Waals surface area contributed by atoms with E-state index in [-0.39, 0.29) is 6.03 Å². The molecule has 4 rings (SSSR count). The summed E-state index contributed by atoms with van der Waals surface area (Å²) in [7, 11) is 4.78. The van der Waals surface area contributed by atoms with Crippen molar-refractivity contribution in [3.8, 4) is 22.9 Å². The molecule has 0 fully saturated rings. The second kappa shape index (κ2) is 10.8. The maximum atomic E-state index is 13.0. The van der Waals surface area contributed by atoms with E-state index in [0.29, 0.717) is 58.9 Å². The van der Waals surface area contributed by atoms with Crippen LogP contribution in [0.2, 0.25) is 5.02 Å². The minimum Gasteiger partial charge on any atom is -0.493 e. The van der Waals surface area contributed by atoms with Gasteiger partial charge in [-0.1, -0.05) is 28.9 Å². The monoisotopic (exact) mass is 498 g/mol. The topological polar surface area (TPSA) is 99.0 Å². The van der Waals surface area contributed by atoms with Gasteiger partial charge in [0.05, 0.1) is 25.8 Å². The van der Waals surface area contributed by atoms with E-state index in [4.69, 9.17) is 30.3 Å². The van der Waals surface area contributed by atoms with Gasteiger partial charge >= 0.3 is 6.03 Å². The van der Waals surface area contributed by atoms with Gasteiger partial charge in [-0.25, -0.2) is 4.79 Å². The number of ether oxygens (including phenoxy) is 3. The maximum Gasteiger partial charge on any atom is 0.322 e. The molecule has 1 aliphatic heterocycles. The molecule has 10 heteroatoms. The number of carbonyl (C=O) groups is 1. The van der Waals surface area contributed by atoms with Gasteiger partial charge in [0.15, 0.2) is 11.5 Å². The summed E-state index contributed by atoms with van der Waals surface area (Å²) >= 11 is 6.09. The second-order valence-corrected chi connectivity index (χ2v) is 8.36. The average Bonchev–Trinajstić information content (AvgIpc) is 3.35. The molecule has 2 amide bonds. The Bertz CT molecular complexity index is 1220. The summed E-state index contributed by atoms with van der Waals surface area (Å²) in [6.45, 7) is 2.90. The maximum absolute atomic E-state index is 13.0. The zero-order valence-electron chi connectivity index (χ0n) is 20.0. The summed E-state index contributed by atoms with van der Waals surface area (Å²) in [5, 5.41) is 7.88. The van der Waals surface area contributed by atoms with Crippen LogP contribution in [-0.4, -0.2) is 55.6 Å². The highest BCUT2D eigenvalue weighted by Crippen LogP contribution is 2.38. The number of nitrogens with one attached hydrogen (secondary N) is 1. The first kappa shape index (κ1) is 24.6. The van der Waals surface area contributed by atoms with Crippen LogP contribution in [0.3, 0.4) is 0 Å². The number of urea groups is 1. The lowest BCUT2D eigenvalue weighted by atomic mass is 9.94. The fourth-order valence-electron chi connectivity index (χ4n) is 4.03. The predicted octanol–water partition coefficient (Wildman–Crippen LogP) is 4.94. The number of carbonyl (C=O) groups excluding carboxylic acids is 1. The van der Waals surface area contributed by atoms with Gasteiger partial charge in [0, 0.05) is 36.5 Å². The minimum atomic E-state index is -0.489. The largest absolute Gasteiger partial charge is 0.493 e. The number of nitrogens with zero attached hydrogens (tertiary/aromatic N) is 3. The fourth-order valence-corrected chi connectivity index (χ4v) is 4.15. The van der Waals surface area contributed by atoms with Crippen LogP contribution in [0.5, 0.6) is 11.5 Å². The molecule has 9 nitrogen and oxygen atoms in total. The summed E-state index contributed by atoms with van der Waals surface area (Å²) in [6.07, 6.45) is 0.681. The quantitative estimate of drug-likeness (QED) is 0.417. The van der Waals surface area contributed by atoms with Crippen molar-refractivity contribution in [2.24, 2.45) is 0 Å². The number of allylic oxidation sites excluding steroid dienone is 1. The Kier molecular flexibility index (Phi) is 7.57. The molecule has 1 unspecified atom stereocenters. The van der Waals surface area contributed by atoms with Crippen molar-refractivity contribution in [1.82, 2.24) is 20.4 Å². The summed E-state index contributed by atoms with van der Waals surface area (Å²) in [5.74, 6) is 1.85. The van der Waals surface area contributed by atoms with Crippen LogP contribution in [0.4, 0.5) is 4.79 Å². The molecule has 1 atom stereocenters. The first-order valence-electron chi connectivity index (χ1n) is 11.1. The summed E-state index contributed by atoms with van der Waals surface area (Å²) < 4.78 is 21.6. The van der Waals surface area contributed by atoms with Gasteiger partial charge < -0.3 is 24.1 Å². The molecule has 35 heavy (non-hydrogen) atoms. The van der Waals surface area contributed by atoms with E-state index in [2.05, 4.69) is 15.5 Å². The van der Waals surface area contributed by atoms with Crippen LogP contribution < -0.4 is 14.8 Å². The zero-order valence-corrected chi connectivity index (χ0v) is 20.8. The molecule has 2 heterocycles. The molecule has 1 aliphatic rings. The van der Waals surface area contributed by atoms with Gasteiger partial charge in [-0.3, -0.25) is 4.90 Å². The van der Waals surface area contributed by atoms with Crippen molar-refractivity contribution >= 4 is 23.2 Å². The third-order valence-corrected chi connectivity index (χ3v) is 6.08. The Labute approximate surface area is 208 Å². The third-order valence-electron chi connectivity index (χ3n) is 5.83. The van der Waals surface area contributed by atoms with E-state index in [1.165, 1.54) is 0 Å². The number of aromatic nitrogens is 2. The lowest BCUT2D eigenvalue weighted by molar-refractivity contribution is 0.174. The first-order valence-corrected chi connectivity index (χ1v) is 11.4. The van der Waals surface area contributed by atoms with Crippen molar-refractivity contribution in [1.29, 1.82) is 0 Å². The van der Waals surface area contributed by atoms with Crippen molar-refractivity contribution in [2.75, 3.05) is 34.5 Å². The molecular formula is C25H27ClN4O5. The lowest BCUT2D eigenvalue weighted by Gasteiger charge is -2.35. The van der Waals surface area contributed by atoms with Crippen molar-refractivity contribution in [2.45, 2.75) is 19.4 Å². The zero-order chi connectivity index (χ0) is 24.9. The Morgan fingerprint density at radius 2 is 1.83 bits per heavy atom. The molecule has 2 aromatic carbocycles. The van der Waals surface area contributed by atoms with Gasteiger partial charge in [0.25, 0.3) is 5.89 Å². The van der Waals surface area contributed by atoms with Crippen LogP contribution in [0.15, 0.2) is 52.7 Å². The number of hydrogen-bond acceptors (Lipinski definition) is 7. The van der Waals surface area contributed by atoms with Gasteiger partial charge in [-0.2, -0.15) is 4.98 Å². The van der Waals surface area contributed by atoms with Crippen molar-refractivity contribution in [3.63, 3.8) is 0 Å². The Balaban J connectivity index is 1.76. The molecule has 0 radical (unpaired) electrons. The molecule has 1 N–H and O–H groups in total. The average molecular weight is 499 g/mol. The van der Waals surface area contributed by atoms with Gasteiger partial charge in [0.1, 0.15) is 0 Å². The van der Waals surface area contributed by atoms with Crippen molar-refractivity contribution in [3.05, 3.63) is 64.6 Å². The van der Waals surface area contributed by atoms with Gasteiger partial charge in [-0.15, -0.1) is 0 Å². The fraction of sp³-hybridized carbons (Fsp3) is 0.320. The lowest BCUT2D eigenvalue weighted by Crippen LogP contribution is -2.46. The van der Waals surface area contributed by atoms with E-state index in [9.17, 15) is 4.79 Å². The molecule has 0 saturated carbocycles. The van der Waals surface area contributed by atoms with Gasteiger partial charge in [0.2, 0.25) is 5.82 Å². The smallest absolute Gasteiger partial charge is 0.322 e. The molecule has 0 spiro atoms. The molecule has 3 aromatic rings. The Morgan fingerprint density at radius 3 is 2.51 bits per heavy atom. The number of amides is 2. The van der Waals surface area contributed by atoms with E-state index in [0.717, 1.165) is 11.3 Å². The van der Waals surface area contributed by atoms with Crippen LogP contribution >= 0.6 is 11.6 Å². The molecule has 184 valence electrons. The number of halogens is 1. The highest BCUT2D eigenvalue weighted by Gasteiger charge is 2.35. The summed E-state index contributed by atoms with van der Waals surface area (Å²) in [5.41, 5.74) is 2.99. The molecule has 1 aromatic heterocycles. The number of benzene rings is 2. The number of rotatable bonds is 9. The third kappa shape index (κ3) is 5.11. The number of hydrogen-bond donors (Lipinski definition) is 1. The second-order valence-electron chi connectivity index (χ2n) is 7.92. The molecule has 0 saturated heterocycles. The van der Waals surface area contributed by atoms with E-state index in [1.807, 2.05) is 25.1 Å². The van der Waals surface area contributed by atoms with Crippen molar-refractivity contribution < 1.29 is 23.5 Å². The van der Waals surface area contributed by atoms with E-state index in [1.54, 1.807) is 50.5 Å². The summed E-state index contributed by atoms with van der Waals surface area (Å²) in [6, 6.07) is 12.0. The van der Waals surface area contributed by atoms with Crippen LogP contribution in [-0.2, 0) is 4.74 Å². The highest BCUT2D eigenvalue weighted by atomic mass is 35.5.